The Morgan fingerprint density at radius 3 is 2.88 bits per heavy atom. The summed E-state index contributed by atoms with van der Waals surface area (Å²) < 4.78 is 5.24. The van der Waals surface area contributed by atoms with Crippen molar-refractivity contribution in [1.29, 1.82) is 0 Å². The smallest absolute Gasteiger partial charge is 0.268 e. The fraction of sp³-hybridized carbons (Fsp3) is 0.167. The lowest BCUT2D eigenvalue weighted by atomic mass is 10.1. The number of aromatic nitrogens is 2. The molecule has 0 saturated carbocycles. The highest BCUT2D eigenvalue weighted by molar-refractivity contribution is 6.17. The minimum atomic E-state index is -0.265. The van der Waals surface area contributed by atoms with Gasteiger partial charge in [-0.05, 0) is 18.2 Å². The third-order valence-electron chi connectivity index (χ3n) is 2.41. The number of hydrogen-bond donors (Lipinski definition) is 1. The van der Waals surface area contributed by atoms with E-state index in [2.05, 4.69) is 10.2 Å². The summed E-state index contributed by atoms with van der Waals surface area (Å²) in [7, 11) is 1.59. The summed E-state index contributed by atoms with van der Waals surface area (Å²) >= 11 is 5.69. The molecule has 0 atom stereocenters. The molecular formula is C12H11ClN2O2. The molecule has 0 aliphatic rings. The van der Waals surface area contributed by atoms with Crippen LogP contribution in [0.5, 0.6) is 5.75 Å². The van der Waals surface area contributed by atoms with Gasteiger partial charge in [0.1, 0.15) is 5.75 Å². The lowest BCUT2D eigenvalue weighted by molar-refractivity contribution is 0.416. The molecule has 5 heteroatoms. The second kappa shape index (κ2) is 5.01. The predicted octanol–water partition coefficient (Wildman–Crippen LogP) is 2.18. The summed E-state index contributed by atoms with van der Waals surface area (Å²) in [5.74, 6) is 0.854. The Kier molecular flexibility index (Phi) is 3.44. The van der Waals surface area contributed by atoms with Gasteiger partial charge < -0.3 is 4.74 Å². The maximum atomic E-state index is 11.4. The van der Waals surface area contributed by atoms with Crippen molar-refractivity contribution >= 4 is 11.6 Å². The van der Waals surface area contributed by atoms with Gasteiger partial charge in [0.15, 0.2) is 0 Å². The van der Waals surface area contributed by atoms with Crippen molar-refractivity contribution in [2.45, 2.75) is 5.88 Å². The minimum absolute atomic E-state index is 0.153. The predicted molar refractivity (Wildman–Crippen MR) is 66.4 cm³/mol. The van der Waals surface area contributed by atoms with E-state index in [1.807, 2.05) is 24.3 Å². The highest BCUT2D eigenvalue weighted by atomic mass is 35.5. The first-order valence-electron chi connectivity index (χ1n) is 5.04. The number of para-hydroxylation sites is 1. The molecule has 88 valence electrons. The summed E-state index contributed by atoms with van der Waals surface area (Å²) in [4.78, 5) is 11.4. The topological polar surface area (TPSA) is 55.0 Å². The maximum absolute atomic E-state index is 11.4. The molecule has 0 amide bonds. The van der Waals surface area contributed by atoms with E-state index >= 15 is 0 Å². The van der Waals surface area contributed by atoms with E-state index in [0.29, 0.717) is 17.0 Å². The molecule has 17 heavy (non-hydrogen) atoms. The van der Waals surface area contributed by atoms with Crippen LogP contribution in [0.4, 0.5) is 0 Å². The van der Waals surface area contributed by atoms with E-state index in [4.69, 9.17) is 16.3 Å². The van der Waals surface area contributed by atoms with Crippen molar-refractivity contribution in [1.82, 2.24) is 10.2 Å². The molecule has 1 N–H and O–H groups in total. The van der Waals surface area contributed by atoms with Gasteiger partial charge in [0.2, 0.25) is 0 Å². The summed E-state index contributed by atoms with van der Waals surface area (Å²) in [5.41, 5.74) is 1.68. The third-order valence-corrected chi connectivity index (χ3v) is 2.70. The Balaban J connectivity index is 2.56. The van der Waals surface area contributed by atoms with Crippen LogP contribution < -0.4 is 10.3 Å². The summed E-state index contributed by atoms with van der Waals surface area (Å²) in [5, 5.41) is 6.41. The number of methoxy groups -OCH3 is 1. The van der Waals surface area contributed by atoms with Crippen LogP contribution in [-0.4, -0.2) is 17.3 Å². The first-order chi connectivity index (χ1) is 8.26. The molecular weight excluding hydrogens is 240 g/mol. The zero-order chi connectivity index (χ0) is 12.3. The maximum Gasteiger partial charge on any atom is 0.268 e. The molecule has 1 heterocycles. The number of hydrogen-bond acceptors (Lipinski definition) is 3. The normalized spacial score (nSPS) is 10.2. The van der Waals surface area contributed by atoms with Crippen LogP contribution in [0.2, 0.25) is 0 Å². The fourth-order valence-electron chi connectivity index (χ4n) is 1.54. The minimum Gasteiger partial charge on any atom is -0.496 e. The number of halogens is 1. The molecule has 1 aromatic carbocycles. The average Bonchev–Trinajstić information content (AvgIpc) is 2.39. The van der Waals surface area contributed by atoms with Crippen molar-refractivity contribution in [2.24, 2.45) is 0 Å². The molecule has 2 rings (SSSR count). The standard InChI is InChI=1S/C12H11ClN2O2/c1-17-11-5-3-2-4-9(11)10-6-8(7-13)12(16)15-14-10/h2-6H,7H2,1H3,(H,15,16). The van der Waals surface area contributed by atoms with Gasteiger partial charge in [-0.15, -0.1) is 11.6 Å². The third kappa shape index (κ3) is 2.31. The second-order valence-corrected chi connectivity index (χ2v) is 3.71. The Bertz CT molecular complexity index is 581. The molecule has 0 aliphatic carbocycles. The quantitative estimate of drug-likeness (QED) is 0.850. The lowest BCUT2D eigenvalue weighted by Crippen LogP contribution is -2.13. The van der Waals surface area contributed by atoms with Crippen LogP contribution in [0.15, 0.2) is 35.1 Å². The summed E-state index contributed by atoms with van der Waals surface area (Å²) in [6, 6.07) is 9.13. The van der Waals surface area contributed by atoms with Gasteiger partial charge in [0, 0.05) is 11.1 Å². The zero-order valence-electron chi connectivity index (χ0n) is 9.24. The molecule has 0 fully saturated rings. The zero-order valence-corrected chi connectivity index (χ0v) is 9.99. The highest BCUT2D eigenvalue weighted by Gasteiger charge is 2.08. The largest absolute Gasteiger partial charge is 0.496 e. The molecule has 0 aliphatic heterocycles. The molecule has 0 unspecified atom stereocenters. The molecule has 0 spiro atoms. The van der Waals surface area contributed by atoms with Crippen LogP contribution in [0.25, 0.3) is 11.3 Å². The first kappa shape index (κ1) is 11.7. The van der Waals surface area contributed by atoms with Crippen molar-refractivity contribution in [3.05, 3.63) is 46.2 Å². The highest BCUT2D eigenvalue weighted by Crippen LogP contribution is 2.27. The van der Waals surface area contributed by atoms with Crippen molar-refractivity contribution in [3.63, 3.8) is 0 Å². The van der Waals surface area contributed by atoms with Crippen LogP contribution >= 0.6 is 11.6 Å². The van der Waals surface area contributed by atoms with E-state index in [0.717, 1.165) is 5.56 Å². The van der Waals surface area contributed by atoms with Gasteiger partial charge in [-0.1, -0.05) is 12.1 Å². The van der Waals surface area contributed by atoms with Crippen molar-refractivity contribution < 1.29 is 4.74 Å². The van der Waals surface area contributed by atoms with Crippen LogP contribution in [0, 0.1) is 0 Å². The molecule has 2 aromatic rings. The molecule has 0 bridgehead atoms. The van der Waals surface area contributed by atoms with E-state index in [-0.39, 0.29) is 11.4 Å². The van der Waals surface area contributed by atoms with Crippen LogP contribution in [0.1, 0.15) is 5.56 Å². The Hall–Kier alpha value is -1.81. The molecule has 1 aromatic heterocycles. The van der Waals surface area contributed by atoms with E-state index in [1.54, 1.807) is 13.2 Å². The second-order valence-electron chi connectivity index (χ2n) is 3.44. The SMILES string of the molecule is COc1ccccc1-c1cc(CCl)c(=O)[nH]n1. The van der Waals surface area contributed by atoms with Crippen LogP contribution in [0.3, 0.4) is 0 Å². The number of aromatic amines is 1. The van der Waals surface area contributed by atoms with E-state index in [9.17, 15) is 4.79 Å². The Morgan fingerprint density at radius 2 is 2.18 bits per heavy atom. The van der Waals surface area contributed by atoms with E-state index < -0.39 is 0 Å². The van der Waals surface area contributed by atoms with Crippen LogP contribution in [-0.2, 0) is 5.88 Å². The van der Waals surface area contributed by atoms with Gasteiger partial charge in [0.25, 0.3) is 5.56 Å². The number of nitrogens with zero attached hydrogens (tertiary/aromatic N) is 1. The summed E-state index contributed by atoms with van der Waals surface area (Å²) in [6.07, 6.45) is 0. The number of H-pyrrole nitrogens is 1. The number of nitrogens with one attached hydrogen (secondary N) is 1. The number of rotatable bonds is 3. The number of benzene rings is 1. The van der Waals surface area contributed by atoms with Gasteiger partial charge in [-0.25, -0.2) is 5.10 Å². The fourth-order valence-corrected chi connectivity index (χ4v) is 1.74. The lowest BCUT2D eigenvalue weighted by Gasteiger charge is -2.07. The molecule has 0 saturated heterocycles. The molecule has 0 radical (unpaired) electrons. The van der Waals surface area contributed by atoms with Crippen molar-refractivity contribution in [2.75, 3.05) is 7.11 Å². The van der Waals surface area contributed by atoms with Gasteiger partial charge in [-0.3, -0.25) is 4.79 Å². The van der Waals surface area contributed by atoms with Gasteiger partial charge in [-0.2, -0.15) is 5.10 Å². The van der Waals surface area contributed by atoms with Gasteiger partial charge >= 0.3 is 0 Å². The van der Waals surface area contributed by atoms with Crippen molar-refractivity contribution in [3.8, 4) is 17.0 Å². The number of ether oxygens (including phenoxy) is 1. The monoisotopic (exact) mass is 250 g/mol. The van der Waals surface area contributed by atoms with Gasteiger partial charge in [0.05, 0.1) is 18.7 Å². The number of alkyl halides is 1. The Labute approximate surface area is 103 Å². The first-order valence-corrected chi connectivity index (χ1v) is 5.57. The average molecular weight is 251 g/mol. The summed E-state index contributed by atoms with van der Waals surface area (Å²) in [6.45, 7) is 0. The molecule has 4 nitrogen and oxygen atoms in total. The van der Waals surface area contributed by atoms with E-state index in [1.165, 1.54) is 0 Å². The Morgan fingerprint density at radius 1 is 1.41 bits per heavy atom.